The second kappa shape index (κ2) is 8.59. The monoisotopic (exact) mass is 361 g/mol. The highest BCUT2D eigenvalue weighted by molar-refractivity contribution is 7.92. The van der Waals surface area contributed by atoms with Gasteiger partial charge in [0, 0.05) is 38.7 Å². The number of anilines is 2. The van der Waals surface area contributed by atoms with Crippen LogP contribution in [0.1, 0.15) is 11.1 Å². The van der Waals surface area contributed by atoms with Gasteiger partial charge in [-0.25, -0.2) is 13.1 Å². The summed E-state index contributed by atoms with van der Waals surface area (Å²) >= 11 is 0. The topological polar surface area (TPSA) is 87.2 Å². The fourth-order valence-corrected chi connectivity index (χ4v) is 2.78. The van der Waals surface area contributed by atoms with Crippen molar-refractivity contribution >= 4 is 27.6 Å². The summed E-state index contributed by atoms with van der Waals surface area (Å²) in [6, 6.07) is 9.47. The van der Waals surface area contributed by atoms with Gasteiger partial charge in [0.25, 0.3) is 0 Å². The van der Waals surface area contributed by atoms with Crippen LogP contribution in [0.2, 0.25) is 0 Å². The number of nitrogens with one attached hydrogen (secondary N) is 2. The Morgan fingerprint density at radius 3 is 2.56 bits per heavy atom. The molecule has 134 valence electrons. The van der Waals surface area contributed by atoms with Gasteiger partial charge in [0.1, 0.15) is 0 Å². The molecule has 25 heavy (non-hydrogen) atoms. The van der Waals surface area contributed by atoms with Crippen molar-refractivity contribution in [1.29, 1.82) is 0 Å². The molecular weight excluding hydrogens is 338 g/mol. The normalized spacial score (nSPS) is 11.6. The predicted octanol–water partition coefficient (Wildman–Crippen LogP) is 1.85. The van der Waals surface area contributed by atoms with Gasteiger partial charge in [-0.1, -0.05) is 29.8 Å². The lowest BCUT2D eigenvalue weighted by Crippen LogP contribution is -2.27. The third-order valence-corrected chi connectivity index (χ3v) is 4.51. The van der Waals surface area contributed by atoms with E-state index in [1.165, 1.54) is 5.41 Å². The Labute approximate surface area is 148 Å². The van der Waals surface area contributed by atoms with Crippen molar-refractivity contribution in [3.05, 3.63) is 53.1 Å². The van der Waals surface area contributed by atoms with Crippen LogP contribution >= 0.6 is 0 Å². The SMILES string of the molecule is Cc1ccc(/C=C/S(=O)(=O)NCCNc2cc(N(C)C)cnn2)cc1. The Morgan fingerprint density at radius 2 is 1.88 bits per heavy atom. The summed E-state index contributed by atoms with van der Waals surface area (Å²) in [6.07, 6.45) is 3.23. The number of benzene rings is 1. The van der Waals surface area contributed by atoms with E-state index in [4.69, 9.17) is 0 Å². The Kier molecular flexibility index (Phi) is 6.49. The van der Waals surface area contributed by atoms with E-state index in [1.807, 2.05) is 56.3 Å². The second-order valence-corrected chi connectivity index (χ2v) is 7.42. The molecule has 1 heterocycles. The molecule has 1 aromatic carbocycles. The number of sulfonamides is 1. The molecule has 0 bridgehead atoms. The molecule has 7 nitrogen and oxygen atoms in total. The fraction of sp³-hybridized carbons (Fsp3) is 0.294. The number of hydrogen-bond donors (Lipinski definition) is 2. The predicted molar refractivity (Wildman–Crippen MR) is 102 cm³/mol. The van der Waals surface area contributed by atoms with Gasteiger partial charge in [-0.05, 0) is 18.6 Å². The van der Waals surface area contributed by atoms with E-state index in [0.29, 0.717) is 12.4 Å². The first-order chi connectivity index (χ1) is 11.9. The highest BCUT2D eigenvalue weighted by atomic mass is 32.2. The third kappa shape index (κ3) is 6.52. The maximum absolute atomic E-state index is 12.0. The summed E-state index contributed by atoms with van der Waals surface area (Å²) in [6.45, 7) is 2.63. The lowest BCUT2D eigenvalue weighted by Gasteiger charge is -2.12. The number of aromatic nitrogens is 2. The van der Waals surface area contributed by atoms with Gasteiger partial charge >= 0.3 is 0 Å². The molecule has 0 aliphatic heterocycles. The standard InChI is InChI=1S/C17H23N5O2S/c1-14-4-6-15(7-5-14)8-11-25(23,24)20-10-9-18-17-12-16(22(2)3)13-19-21-17/h4-8,11-13,20H,9-10H2,1-3H3,(H,18,21)/b11-8+. The molecule has 2 N–H and O–H groups in total. The van der Waals surface area contributed by atoms with Gasteiger partial charge in [0.05, 0.1) is 11.9 Å². The lowest BCUT2D eigenvalue weighted by molar-refractivity contribution is 0.592. The minimum absolute atomic E-state index is 0.244. The summed E-state index contributed by atoms with van der Waals surface area (Å²) in [5.41, 5.74) is 2.88. The molecule has 0 aliphatic carbocycles. The first-order valence-corrected chi connectivity index (χ1v) is 9.39. The minimum atomic E-state index is -3.48. The van der Waals surface area contributed by atoms with Crippen molar-refractivity contribution in [2.24, 2.45) is 0 Å². The van der Waals surface area contributed by atoms with Crippen LogP contribution in [0.4, 0.5) is 11.5 Å². The van der Waals surface area contributed by atoms with Crippen LogP contribution in [0.15, 0.2) is 41.9 Å². The van der Waals surface area contributed by atoms with Crippen molar-refractivity contribution in [1.82, 2.24) is 14.9 Å². The molecule has 8 heteroatoms. The lowest BCUT2D eigenvalue weighted by atomic mass is 10.2. The largest absolute Gasteiger partial charge is 0.376 e. The van der Waals surface area contributed by atoms with Crippen molar-refractivity contribution in [3.63, 3.8) is 0 Å². The van der Waals surface area contributed by atoms with E-state index in [1.54, 1.807) is 12.3 Å². The Balaban J connectivity index is 1.82. The Bertz CT molecular complexity index is 817. The quantitative estimate of drug-likeness (QED) is 0.698. The molecule has 0 amide bonds. The van der Waals surface area contributed by atoms with Crippen molar-refractivity contribution < 1.29 is 8.42 Å². The van der Waals surface area contributed by atoms with Gasteiger partial charge < -0.3 is 10.2 Å². The molecule has 0 fully saturated rings. The first kappa shape index (κ1) is 18.9. The van der Waals surface area contributed by atoms with E-state index in [2.05, 4.69) is 20.2 Å². The Hall–Kier alpha value is -2.45. The molecule has 0 unspecified atom stereocenters. The van der Waals surface area contributed by atoms with E-state index < -0.39 is 10.0 Å². The van der Waals surface area contributed by atoms with Crippen LogP contribution < -0.4 is 14.9 Å². The zero-order valence-corrected chi connectivity index (χ0v) is 15.4. The van der Waals surface area contributed by atoms with Crippen molar-refractivity contribution in [2.45, 2.75) is 6.92 Å². The van der Waals surface area contributed by atoms with Gasteiger partial charge in [-0.2, -0.15) is 5.10 Å². The highest BCUT2D eigenvalue weighted by Crippen LogP contribution is 2.12. The van der Waals surface area contributed by atoms with E-state index in [0.717, 1.165) is 16.8 Å². The fourth-order valence-electron chi connectivity index (χ4n) is 1.97. The van der Waals surface area contributed by atoms with Gasteiger partial charge in [0.2, 0.25) is 10.0 Å². The summed E-state index contributed by atoms with van der Waals surface area (Å²) in [5.74, 6) is 0.598. The maximum Gasteiger partial charge on any atom is 0.233 e. The summed E-state index contributed by atoms with van der Waals surface area (Å²) in [7, 11) is 0.343. The molecular formula is C17H23N5O2S. The molecule has 0 spiro atoms. The molecule has 0 aliphatic rings. The van der Waals surface area contributed by atoms with Crippen molar-refractivity contribution in [3.8, 4) is 0 Å². The van der Waals surface area contributed by atoms with Crippen LogP contribution in [-0.4, -0.2) is 45.8 Å². The smallest absolute Gasteiger partial charge is 0.233 e. The summed E-state index contributed by atoms with van der Waals surface area (Å²) in [4.78, 5) is 1.92. The second-order valence-electron chi connectivity index (χ2n) is 5.77. The number of hydrogen-bond acceptors (Lipinski definition) is 6. The summed E-state index contributed by atoms with van der Waals surface area (Å²) in [5, 5.41) is 12.1. The van der Waals surface area contributed by atoms with E-state index in [9.17, 15) is 8.42 Å². The van der Waals surface area contributed by atoms with Gasteiger partial charge in [-0.3, -0.25) is 0 Å². The number of aryl methyl sites for hydroxylation is 1. The van der Waals surface area contributed by atoms with Crippen LogP contribution in [-0.2, 0) is 10.0 Å². The van der Waals surface area contributed by atoms with Gasteiger partial charge in [-0.15, -0.1) is 5.10 Å². The minimum Gasteiger partial charge on any atom is -0.376 e. The number of rotatable bonds is 8. The third-order valence-electron chi connectivity index (χ3n) is 3.41. The van der Waals surface area contributed by atoms with Crippen LogP contribution in [0.25, 0.3) is 6.08 Å². The number of nitrogens with zero attached hydrogens (tertiary/aromatic N) is 3. The summed E-state index contributed by atoms with van der Waals surface area (Å²) < 4.78 is 26.4. The molecule has 2 rings (SSSR count). The first-order valence-electron chi connectivity index (χ1n) is 7.84. The molecule has 0 saturated heterocycles. The molecule has 0 atom stereocenters. The zero-order valence-electron chi connectivity index (χ0n) is 14.6. The van der Waals surface area contributed by atoms with Crippen LogP contribution in [0.5, 0.6) is 0 Å². The zero-order chi connectivity index (χ0) is 18.3. The van der Waals surface area contributed by atoms with E-state index >= 15 is 0 Å². The Morgan fingerprint density at radius 1 is 1.16 bits per heavy atom. The molecule has 1 aromatic heterocycles. The van der Waals surface area contributed by atoms with Crippen LogP contribution in [0, 0.1) is 6.92 Å². The van der Waals surface area contributed by atoms with Gasteiger partial charge in [0.15, 0.2) is 5.82 Å². The average molecular weight is 361 g/mol. The maximum atomic E-state index is 12.0. The molecule has 0 radical (unpaired) electrons. The van der Waals surface area contributed by atoms with Crippen molar-refractivity contribution in [2.75, 3.05) is 37.4 Å². The average Bonchev–Trinajstić information content (AvgIpc) is 2.59. The molecule has 0 saturated carbocycles. The van der Waals surface area contributed by atoms with E-state index in [-0.39, 0.29) is 6.54 Å². The highest BCUT2D eigenvalue weighted by Gasteiger charge is 2.05. The van der Waals surface area contributed by atoms with Crippen LogP contribution in [0.3, 0.4) is 0 Å². The molecule has 2 aromatic rings.